The van der Waals surface area contributed by atoms with E-state index in [2.05, 4.69) is 25.1 Å². The molecule has 0 unspecified atom stereocenters. The van der Waals surface area contributed by atoms with Crippen LogP contribution in [0.5, 0.6) is 0 Å². The number of methoxy groups -OCH3 is 2. The second-order valence-electron chi connectivity index (χ2n) is 8.80. The highest BCUT2D eigenvalue weighted by atomic mass is 16.5. The summed E-state index contributed by atoms with van der Waals surface area (Å²) in [6, 6.07) is 16.9. The fourth-order valence-corrected chi connectivity index (χ4v) is 4.22. The van der Waals surface area contributed by atoms with Crippen molar-refractivity contribution in [2.45, 2.75) is 26.2 Å². The van der Waals surface area contributed by atoms with E-state index in [0.29, 0.717) is 37.6 Å². The summed E-state index contributed by atoms with van der Waals surface area (Å²) in [6.07, 6.45) is 0. The van der Waals surface area contributed by atoms with E-state index in [-0.39, 0.29) is 0 Å². The largest absolute Gasteiger partial charge is 0.464 e. The molecule has 0 spiro atoms. The molecule has 37 heavy (non-hydrogen) atoms. The summed E-state index contributed by atoms with van der Waals surface area (Å²) >= 11 is 0. The SMILES string of the molecule is COC(=O)c1cccc(CN2CCNCCN(Cc3cccc(C(=O)OC)n3)Cc3cccc(n3)C2)n1. The van der Waals surface area contributed by atoms with Crippen LogP contribution in [0.25, 0.3) is 0 Å². The number of rotatable bonds is 6. The van der Waals surface area contributed by atoms with Gasteiger partial charge in [0, 0.05) is 52.4 Å². The monoisotopic (exact) mass is 504 g/mol. The molecule has 0 aliphatic carbocycles. The van der Waals surface area contributed by atoms with Gasteiger partial charge in [0.05, 0.1) is 37.0 Å². The van der Waals surface area contributed by atoms with E-state index in [1.54, 1.807) is 12.1 Å². The zero-order valence-electron chi connectivity index (χ0n) is 21.2. The summed E-state index contributed by atoms with van der Waals surface area (Å²) in [6.45, 7) is 5.66. The predicted molar refractivity (Wildman–Crippen MR) is 136 cm³/mol. The maximum atomic E-state index is 11.9. The molecule has 10 heteroatoms. The van der Waals surface area contributed by atoms with E-state index >= 15 is 0 Å². The van der Waals surface area contributed by atoms with Crippen LogP contribution in [0.15, 0.2) is 54.6 Å². The Balaban J connectivity index is 1.48. The zero-order valence-corrected chi connectivity index (χ0v) is 21.2. The van der Waals surface area contributed by atoms with Crippen LogP contribution >= 0.6 is 0 Å². The van der Waals surface area contributed by atoms with Crippen LogP contribution < -0.4 is 5.32 Å². The standard InChI is InChI=1S/C27H32N6O4/c1-36-26(34)24-10-4-8-22(30-24)18-32-14-12-28-13-15-33(17-21-7-3-6-20(16-32)29-21)19-23-9-5-11-25(31-23)27(35)37-2/h3-11,28H,12-19H2,1-2H3. The third kappa shape index (κ3) is 7.63. The van der Waals surface area contributed by atoms with Crippen molar-refractivity contribution in [3.8, 4) is 0 Å². The molecule has 0 amide bonds. The van der Waals surface area contributed by atoms with Gasteiger partial charge in [0.1, 0.15) is 11.4 Å². The Bertz CT molecular complexity index is 1130. The minimum atomic E-state index is -0.441. The number of pyridine rings is 3. The molecular formula is C27H32N6O4. The lowest BCUT2D eigenvalue weighted by Crippen LogP contribution is -2.37. The predicted octanol–water partition coefficient (Wildman–Crippen LogP) is 2.05. The number of nitrogens with one attached hydrogen (secondary N) is 1. The lowest BCUT2D eigenvalue weighted by molar-refractivity contribution is 0.0584. The zero-order chi connectivity index (χ0) is 26.0. The number of esters is 2. The van der Waals surface area contributed by atoms with Gasteiger partial charge in [-0.2, -0.15) is 0 Å². The van der Waals surface area contributed by atoms with Crippen molar-refractivity contribution >= 4 is 11.9 Å². The van der Waals surface area contributed by atoms with Crippen LogP contribution in [-0.2, 0) is 35.7 Å². The number of ether oxygens (including phenoxy) is 2. The Morgan fingerprint density at radius 2 is 1.19 bits per heavy atom. The van der Waals surface area contributed by atoms with Gasteiger partial charge < -0.3 is 14.8 Å². The highest BCUT2D eigenvalue weighted by molar-refractivity contribution is 5.87. The summed E-state index contributed by atoms with van der Waals surface area (Å²) in [5.74, 6) is -0.883. The Hall–Kier alpha value is -3.73. The molecule has 2 bridgehead atoms. The van der Waals surface area contributed by atoms with Gasteiger partial charge in [-0.3, -0.25) is 14.8 Å². The van der Waals surface area contributed by atoms with Crippen molar-refractivity contribution in [1.29, 1.82) is 0 Å². The highest BCUT2D eigenvalue weighted by Gasteiger charge is 2.16. The van der Waals surface area contributed by atoms with Crippen LogP contribution in [0.3, 0.4) is 0 Å². The van der Waals surface area contributed by atoms with Crippen molar-refractivity contribution in [2.24, 2.45) is 0 Å². The lowest BCUT2D eigenvalue weighted by atomic mass is 10.2. The van der Waals surface area contributed by atoms with Crippen molar-refractivity contribution in [1.82, 2.24) is 30.1 Å². The number of carbonyl (C=O) groups is 2. The fraction of sp³-hybridized carbons (Fsp3) is 0.370. The molecule has 3 aromatic rings. The summed E-state index contributed by atoms with van der Waals surface area (Å²) in [4.78, 5) is 42.2. The quantitative estimate of drug-likeness (QED) is 0.501. The van der Waals surface area contributed by atoms with E-state index in [0.717, 1.165) is 49.0 Å². The van der Waals surface area contributed by atoms with Crippen molar-refractivity contribution in [2.75, 3.05) is 40.4 Å². The maximum Gasteiger partial charge on any atom is 0.356 e. The molecule has 1 aliphatic rings. The second kappa shape index (κ2) is 13.0. The van der Waals surface area contributed by atoms with Crippen molar-refractivity contribution < 1.29 is 19.1 Å². The number of fused-ring (bicyclic) bond motifs is 2. The first-order valence-electron chi connectivity index (χ1n) is 12.2. The van der Waals surface area contributed by atoms with Gasteiger partial charge >= 0.3 is 11.9 Å². The van der Waals surface area contributed by atoms with E-state index in [4.69, 9.17) is 14.5 Å². The molecule has 10 nitrogen and oxygen atoms in total. The molecule has 4 heterocycles. The average molecular weight is 505 g/mol. The van der Waals surface area contributed by atoms with Crippen molar-refractivity contribution in [3.63, 3.8) is 0 Å². The Morgan fingerprint density at radius 3 is 1.65 bits per heavy atom. The van der Waals surface area contributed by atoms with Gasteiger partial charge in [-0.25, -0.2) is 19.6 Å². The van der Waals surface area contributed by atoms with Gasteiger partial charge in [0.25, 0.3) is 0 Å². The number of carbonyl (C=O) groups excluding carboxylic acids is 2. The van der Waals surface area contributed by atoms with Gasteiger partial charge in [0.2, 0.25) is 0 Å². The molecule has 0 radical (unpaired) electrons. The molecule has 0 fully saturated rings. The fourth-order valence-electron chi connectivity index (χ4n) is 4.22. The molecule has 1 aliphatic heterocycles. The Morgan fingerprint density at radius 1 is 0.730 bits per heavy atom. The van der Waals surface area contributed by atoms with Crippen molar-refractivity contribution in [3.05, 3.63) is 88.8 Å². The van der Waals surface area contributed by atoms with E-state index in [1.807, 2.05) is 42.5 Å². The van der Waals surface area contributed by atoms with Crippen LogP contribution in [0.2, 0.25) is 0 Å². The molecule has 0 atom stereocenters. The average Bonchev–Trinajstić information content (AvgIpc) is 2.91. The molecule has 194 valence electrons. The van der Waals surface area contributed by atoms with E-state index in [9.17, 15) is 9.59 Å². The smallest absolute Gasteiger partial charge is 0.356 e. The third-order valence-corrected chi connectivity index (χ3v) is 6.02. The summed E-state index contributed by atoms with van der Waals surface area (Å²) in [5, 5.41) is 3.53. The van der Waals surface area contributed by atoms with Crippen LogP contribution in [0.4, 0.5) is 0 Å². The summed E-state index contributed by atoms with van der Waals surface area (Å²) < 4.78 is 9.61. The lowest BCUT2D eigenvalue weighted by Gasteiger charge is -2.26. The molecule has 0 saturated heterocycles. The first-order chi connectivity index (χ1) is 18.0. The minimum absolute atomic E-state index is 0.305. The molecular weight excluding hydrogens is 472 g/mol. The normalized spacial score (nSPS) is 15.3. The number of hydrogen-bond acceptors (Lipinski definition) is 10. The topological polar surface area (TPSA) is 110 Å². The van der Waals surface area contributed by atoms with Crippen LogP contribution in [-0.4, -0.2) is 77.1 Å². The van der Waals surface area contributed by atoms with Gasteiger partial charge in [-0.05, 0) is 36.4 Å². The second-order valence-corrected chi connectivity index (χ2v) is 8.80. The Labute approximate surface area is 216 Å². The summed E-state index contributed by atoms with van der Waals surface area (Å²) in [7, 11) is 2.71. The van der Waals surface area contributed by atoms with Gasteiger partial charge in [0.15, 0.2) is 0 Å². The summed E-state index contributed by atoms with van der Waals surface area (Å²) in [5.41, 5.74) is 4.15. The molecule has 0 saturated carbocycles. The van der Waals surface area contributed by atoms with E-state index in [1.165, 1.54) is 14.2 Å². The Kier molecular flexibility index (Phi) is 9.25. The first kappa shape index (κ1) is 26.3. The number of hydrogen-bond donors (Lipinski definition) is 1. The first-order valence-corrected chi connectivity index (χ1v) is 12.2. The van der Waals surface area contributed by atoms with Crippen LogP contribution in [0, 0.1) is 0 Å². The highest BCUT2D eigenvalue weighted by Crippen LogP contribution is 2.13. The van der Waals surface area contributed by atoms with Crippen LogP contribution in [0.1, 0.15) is 43.8 Å². The molecule has 0 aromatic carbocycles. The number of nitrogens with zero attached hydrogens (tertiary/aromatic N) is 5. The minimum Gasteiger partial charge on any atom is -0.464 e. The maximum absolute atomic E-state index is 11.9. The van der Waals surface area contributed by atoms with Gasteiger partial charge in [-0.1, -0.05) is 18.2 Å². The van der Waals surface area contributed by atoms with E-state index < -0.39 is 11.9 Å². The van der Waals surface area contributed by atoms with Gasteiger partial charge in [-0.15, -0.1) is 0 Å². The molecule has 3 aromatic heterocycles. The molecule has 1 N–H and O–H groups in total. The molecule has 4 rings (SSSR count). The number of aromatic nitrogens is 3. The third-order valence-electron chi connectivity index (χ3n) is 6.02.